The first-order valence-corrected chi connectivity index (χ1v) is 12.5. The smallest absolute Gasteiger partial charge is 0.240 e. The molecule has 1 fully saturated rings. The van der Waals surface area contributed by atoms with Crippen molar-refractivity contribution in [3.8, 4) is 0 Å². The molecule has 0 bridgehead atoms. The van der Waals surface area contributed by atoms with E-state index < -0.39 is 15.8 Å². The molecule has 0 saturated carbocycles. The summed E-state index contributed by atoms with van der Waals surface area (Å²) in [6, 6.07) is 8.06. The van der Waals surface area contributed by atoms with E-state index in [9.17, 15) is 12.8 Å². The minimum atomic E-state index is -3.79. The number of halogens is 2. The van der Waals surface area contributed by atoms with E-state index in [0.717, 1.165) is 45.1 Å². The second kappa shape index (κ2) is 8.57. The Hall–Kier alpha value is -1.48. The normalized spacial score (nSPS) is 20.3. The largest absolute Gasteiger partial charge is 0.369 e. The predicted molar refractivity (Wildman–Crippen MR) is 121 cm³/mol. The summed E-state index contributed by atoms with van der Waals surface area (Å²) in [5.41, 5.74) is 5.08. The monoisotopic (exact) mass is 495 g/mol. The highest BCUT2D eigenvalue weighted by Crippen LogP contribution is 2.34. The van der Waals surface area contributed by atoms with Crippen LogP contribution in [0.25, 0.3) is 0 Å². The van der Waals surface area contributed by atoms with E-state index in [0.29, 0.717) is 6.42 Å². The van der Waals surface area contributed by atoms with Crippen LogP contribution in [0.5, 0.6) is 0 Å². The molecular formula is C22H27BrFN3O2S. The van der Waals surface area contributed by atoms with Gasteiger partial charge in [0.15, 0.2) is 0 Å². The van der Waals surface area contributed by atoms with Crippen LogP contribution in [-0.4, -0.2) is 52.6 Å². The number of piperazine rings is 1. The number of nitrogens with one attached hydrogen (secondary N) is 1. The Morgan fingerprint density at radius 3 is 2.53 bits per heavy atom. The van der Waals surface area contributed by atoms with Crippen LogP contribution in [0.15, 0.2) is 39.7 Å². The van der Waals surface area contributed by atoms with Gasteiger partial charge in [-0.15, -0.1) is 0 Å². The topological polar surface area (TPSA) is 52.6 Å². The van der Waals surface area contributed by atoms with Crippen LogP contribution in [0.1, 0.15) is 23.1 Å². The standard InChI is InChI=1S/C22H27BrFN3O2S/c1-15-3-8-22(27-11-9-26(2)10-12-27)19-13-16(4-6-18(15)19)25-30(28,29)17-5-7-20(23)21(24)14-17/h3,5,7-8,14,16,25H,4,6,9-13H2,1-2H3/t16-/m1/s1. The fourth-order valence-corrected chi connectivity index (χ4v) is 5.94. The van der Waals surface area contributed by atoms with Crippen LogP contribution in [0.3, 0.4) is 0 Å². The highest BCUT2D eigenvalue weighted by Gasteiger charge is 2.29. The molecule has 0 radical (unpaired) electrons. The summed E-state index contributed by atoms with van der Waals surface area (Å²) in [5, 5.41) is 0. The molecule has 2 aromatic carbocycles. The molecule has 5 nitrogen and oxygen atoms in total. The molecule has 0 spiro atoms. The lowest BCUT2D eigenvalue weighted by Gasteiger charge is -2.37. The summed E-state index contributed by atoms with van der Waals surface area (Å²) in [6.45, 7) is 6.12. The number of sulfonamides is 1. The summed E-state index contributed by atoms with van der Waals surface area (Å²) in [7, 11) is -1.65. The fraction of sp³-hybridized carbons (Fsp3) is 0.455. The van der Waals surface area contributed by atoms with Gasteiger partial charge in [0.1, 0.15) is 5.82 Å². The Kier molecular flexibility index (Phi) is 6.21. The van der Waals surface area contributed by atoms with Gasteiger partial charge >= 0.3 is 0 Å². The molecule has 1 N–H and O–H groups in total. The molecule has 2 aromatic rings. The molecule has 1 saturated heterocycles. The van der Waals surface area contributed by atoms with Gasteiger partial charge in [-0.05, 0) is 90.1 Å². The highest BCUT2D eigenvalue weighted by molar-refractivity contribution is 9.10. The first-order valence-electron chi connectivity index (χ1n) is 10.3. The molecule has 162 valence electrons. The lowest BCUT2D eigenvalue weighted by Crippen LogP contribution is -2.45. The Labute approximate surface area is 186 Å². The fourth-order valence-electron chi connectivity index (χ4n) is 4.42. The minimum Gasteiger partial charge on any atom is -0.369 e. The molecule has 8 heteroatoms. The van der Waals surface area contributed by atoms with Crippen molar-refractivity contribution in [1.29, 1.82) is 0 Å². The van der Waals surface area contributed by atoms with E-state index in [1.165, 1.54) is 34.5 Å². The van der Waals surface area contributed by atoms with Crippen molar-refractivity contribution in [2.45, 2.75) is 37.1 Å². The van der Waals surface area contributed by atoms with Gasteiger partial charge in [0.2, 0.25) is 10.0 Å². The number of fused-ring (bicyclic) bond motifs is 1. The maximum absolute atomic E-state index is 13.9. The zero-order chi connectivity index (χ0) is 21.5. The number of aryl methyl sites for hydroxylation is 1. The Morgan fingerprint density at radius 1 is 1.10 bits per heavy atom. The van der Waals surface area contributed by atoms with Crippen molar-refractivity contribution < 1.29 is 12.8 Å². The quantitative estimate of drug-likeness (QED) is 0.705. The van der Waals surface area contributed by atoms with Crippen LogP contribution >= 0.6 is 15.9 Å². The molecule has 2 aliphatic rings. The molecule has 0 aromatic heterocycles. The van der Waals surface area contributed by atoms with Crippen molar-refractivity contribution in [3.05, 3.63) is 57.3 Å². The van der Waals surface area contributed by atoms with E-state index in [2.05, 4.69) is 56.6 Å². The highest BCUT2D eigenvalue weighted by atomic mass is 79.9. The van der Waals surface area contributed by atoms with Crippen LogP contribution in [0, 0.1) is 12.7 Å². The van der Waals surface area contributed by atoms with Crippen molar-refractivity contribution >= 4 is 31.6 Å². The van der Waals surface area contributed by atoms with E-state index in [1.807, 2.05) is 0 Å². The average Bonchev–Trinajstić information content (AvgIpc) is 2.71. The van der Waals surface area contributed by atoms with Gasteiger partial charge in [0.05, 0.1) is 9.37 Å². The van der Waals surface area contributed by atoms with E-state index >= 15 is 0 Å². The van der Waals surface area contributed by atoms with Gasteiger partial charge in [0.25, 0.3) is 0 Å². The molecule has 1 atom stereocenters. The second-order valence-electron chi connectivity index (χ2n) is 8.29. The Balaban J connectivity index is 1.58. The SMILES string of the molecule is Cc1ccc(N2CCN(C)CC2)c2c1CC[C@@H](NS(=O)(=O)c1ccc(Br)c(F)c1)C2. The summed E-state index contributed by atoms with van der Waals surface area (Å²) in [4.78, 5) is 4.70. The third kappa shape index (κ3) is 4.42. The predicted octanol–water partition coefficient (Wildman–Crippen LogP) is 3.48. The first-order chi connectivity index (χ1) is 14.2. The lowest BCUT2D eigenvalue weighted by molar-refractivity contribution is 0.312. The summed E-state index contributed by atoms with van der Waals surface area (Å²) in [6.07, 6.45) is 2.22. The van der Waals surface area contributed by atoms with Gasteiger partial charge in [-0.1, -0.05) is 6.07 Å². The lowest BCUT2D eigenvalue weighted by atomic mass is 9.84. The van der Waals surface area contributed by atoms with Crippen LogP contribution in [0.2, 0.25) is 0 Å². The van der Waals surface area contributed by atoms with Gasteiger partial charge < -0.3 is 9.80 Å². The number of nitrogens with zero attached hydrogens (tertiary/aromatic N) is 2. The Morgan fingerprint density at radius 2 is 1.83 bits per heavy atom. The molecule has 4 rings (SSSR count). The maximum atomic E-state index is 13.9. The van der Waals surface area contributed by atoms with E-state index in [4.69, 9.17) is 0 Å². The molecule has 1 aliphatic carbocycles. The van der Waals surface area contributed by atoms with Gasteiger partial charge in [0, 0.05) is 37.9 Å². The number of likely N-dealkylation sites (N-methyl/N-ethyl adjacent to an activating group) is 1. The molecular weight excluding hydrogens is 469 g/mol. The maximum Gasteiger partial charge on any atom is 0.240 e. The van der Waals surface area contributed by atoms with Crippen molar-refractivity contribution in [3.63, 3.8) is 0 Å². The van der Waals surface area contributed by atoms with E-state index in [-0.39, 0.29) is 15.4 Å². The average molecular weight is 496 g/mol. The Bertz CT molecular complexity index is 1050. The van der Waals surface area contributed by atoms with Crippen LogP contribution < -0.4 is 9.62 Å². The third-order valence-electron chi connectivity index (χ3n) is 6.20. The molecule has 0 amide bonds. The number of hydrogen-bond acceptors (Lipinski definition) is 4. The first kappa shape index (κ1) is 21.7. The number of anilines is 1. The zero-order valence-electron chi connectivity index (χ0n) is 17.3. The molecule has 1 aliphatic heterocycles. The molecule has 1 heterocycles. The molecule has 0 unspecified atom stereocenters. The number of benzene rings is 2. The zero-order valence-corrected chi connectivity index (χ0v) is 19.7. The number of rotatable bonds is 4. The van der Waals surface area contributed by atoms with E-state index in [1.54, 1.807) is 0 Å². The molecule has 30 heavy (non-hydrogen) atoms. The van der Waals surface area contributed by atoms with Crippen molar-refractivity contribution in [2.24, 2.45) is 0 Å². The van der Waals surface area contributed by atoms with Crippen LogP contribution in [0.4, 0.5) is 10.1 Å². The summed E-state index contributed by atoms with van der Waals surface area (Å²) >= 11 is 3.07. The van der Waals surface area contributed by atoms with Crippen molar-refractivity contribution in [1.82, 2.24) is 9.62 Å². The van der Waals surface area contributed by atoms with Crippen LogP contribution in [-0.2, 0) is 22.9 Å². The summed E-state index contributed by atoms with van der Waals surface area (Å²) in [5.74, 6) is -0.583. The van der Waals surface area contributed by atoms with Gasteiger partial charge in [-0.25, -0.2) is 17.5 Å². The third-order valence-corrected chi connectivity index (χ3v) is 8.36. The van der Waals surface area contributed by atoms with Gasteiger partial charge in [-0.3, -0.25) is 0 Å². The van der Waals surface area contributed by atoms with Crippen molar-refractivity contribution in [2.75, 3.05) is 38.1 Å². The second-order valence-corrected chi connectivity index (χ2v) is 10.9. The number of hydrogen-bond donors (Lipinski definition) is 1. The minimum absolute atomic E-state index is 0.0440. The summed E-state index contributed by atoms with van der Waals surface area (Å²) < 4.78 is 42.7. The van der Waals surface area contributed by atoms with Gasteiger partial charge in [-0.2, -0.15) is 0 Å².